The van der Waals surface area contributed by atoms with Gasteiger partial charge in [-0.1, -0.05) is 17.4 Å². The van der Waals surface area contributed by atoms with Crippen LogP contribution >= 0.6 is 11.3 Å². The zero-order valence-electron chi connectivity index (χ0n) is 16.5. The third-order valence-electron chi connectivity index (χ3n) is 5.04. The Kier molecular flexibility index (Phi) is 5.49. The second-order valence-corrected chi connectivity index (χ2v) is 8.12. The van der Waals surface area contributed by atoms with Crippen LogP contribution in [0.5, 0.6) is 0 Å². The lowest BCUT2D eigenvalue weighted by Gasteiger charge is -2.26. The number of allylic oxidation sites excluding steroid dienone is 4. The molecule has 0 spiro atoms. The summed E-state index contributed by atoms with van der Waals surface area (Å²) in [5, 5.41) is 4.96. The topological polar surface area (TPSA) is 120 Å². The van der Waals surface area contributed by atoms with Gasteiger partial charge in [0.25, 0.3) is 5.56 Å². The molecule has 0 unspecified atom stereocenters. The molecule has 2 N–H and O–H groups in total. The van der Waals surface area contributed by atoms with Gasteiger partial charge in [0, 0.05) is 13.1 Å². The van der Waals surface area contributed by atoms with Gasteiger partial charge in [0.15, 0.2) is 5.76 Å². The molecule has 9 nitrogen and oxygen atoms in total. The van der Waals surface area contributed by atoms with Gasteiger partial charge in [-0.2, -0.15) is 14.6 Å². The van der Waals surface area contributed by atoms with Gasteiger partial charge < -0.3 is 15.4 Å². The third kappa shape index (κ3) is 3.90. The number of ketones is 1. The normalized spacial score (nSPS) is 18.2. The molecule has 2 aromatic rings. The van der Waals surface area contributed by atoms with Gasteiger partial charge in [0.1, 0.15) is 10.8 Å². The van der Waals surface area contributed by atoms with Crippen LogP contribution < -0.4 is 11.3 Å². The average molecular weight is 427 g/mol. The summed E-state index contributed by atoms with van der Waals surface area (Å²) < 4.78 is 6.42. The van der Waals surface area contributed by atoms with E-state index in [2.05, 4.69) is 10.1 Å². The summed E-state index contributed by atoms with van der Waals surface area (Å²) in [6, 6.07) is 0. The molecule has 1 amide bonds. The second-order valence-electron chi connectivity index (χ2n) is 7.08. The van der Waals surface area contributed by atoms with Crippen molar-refractivity contribution >= 4 is 39.9 Å². The molecular weight excluding hydrogens is 406 g/mol. The van der Waals surface area contributed by atoms with Crippen molar-refractivity contribution in [2.75, 3.05) is 25.9 Å². The van der Waals surface area contributed by atoms with Crippen molar-refractivity contribution in [3.8, 4) is 0 Å². The number of ether oxygens (including phenoxy) is 1. The number of anilines is 1. The number of carbonyl (C=O) groups is 2. The fraction of sp³-hybridized carbons (Fsp3) is 0.350. The Morgan fingerprint density at radius 1 is 1.27 bits per heavy atom. The maximum absolute atomic E-state index is 12.5. The fourth-order valence-electron chi connectivity index (χ4n) is 3.45. The van der Waals surface area contributed by atoms with Gasteiger partial charge in [-0.3, -0.25) is 14.4 Å². The number of hydrogen-bond donors (Lipinski definition) is 1. The minimum Gasteiger partial charge on any atom is -0.493 e. The van der Waals surface area contributed by atoms with Gasteiger partial charge in [-0.05, 0) is 43.1 Å². The Morgan fingerprint density at radius 3 is 2.77 bits per heavy atom. The van der Waals surface area contributed by atoms with E-state index in [4.69, 9.17) is 10.5 Å². The van der Waals surface area contributed by atoms with Crippen LogP contribution in [0.15, 0.2) is 34.4 Å². The third-order valence-corrected chi connectivity index (χ3v) is 5.95. The van der Waals surface area contributed by atoms with Crippen LogP contribution in [-0.4, -0.2) is 51.4 Å². The summed E-state index contributed by atoms with van der Waals surface area (Å²) >= 11 is 1.18. The molecule has 1 fully saturated rings. The molecular formula is C20H21N5O4S. The van der Waals surface area contributed by atoms with E-state index in [9.17, 15) is 14.4 Å². The molecule has 0 aromatic carbocycles. The first-order chi connectivity index (χ1) is 14.5. The summed E-state index contributed by atoms with van der Waals surface area (Å²) in [5.74, 6) is 0.0639. The Balaban J connectivity index is 1.65. The highest BCUT2D eigenvalue weighted by Crippen LogP contribution is 2.22. The van der Waals surface area contributed by atoms with Crippen LogP contribution in [0.3, 0.4) is 0 Å². The molecule has 2 aromatic heterocycles. The number of likely N-dealkylation sites (tertiary alicyclic amines) is 1. The largest absolute Gasteiger partial charge is 0.493 e. The van der Waals surface area contributed by atoms with Gasteiger partial charge in [0.05, 0.1) is 19.1 Å². The maximum Gasteiger partial charge on any atom is 0.283 e. The standard InChI is InChI=1S/C20H21N5O4S/c1-29-15-10-12(5-6-14(15)26)9-13-18(21)25-20(22-19(13)28)30-16(23-25)11-17(27)24-7-3-2-4-8-24/h5-6,9-10H,2-4,7-8,11,21H2,1H3/b12-9+. The number of hydrogen-bond acceptors (Lipinski definition) is 8. The zero-order chi connectivity index (χ0) is 21.3. The highest BCUT2D eigenvalue weighted by Gasteiger charge is 2.20. The number of aromatic nitrogens is 3. The first-order valence-electron chi connectivity index (χ1n) is 9.62. The zero-order valence-corrected chi connectivity index (χ0v) is 17.3. The molecule has 1 aliphatic carbocycles. The molecule has 0 radical (unpaired) electrons. The predicted octanol–water partition coefficient (Wildman–Crippen LogP) is 1.34. The highest BCUT2D eigenvalue weighted by molar-refractivity contribution is 7.16. The molecule has 0 bridgehead atoms. The van der Waals surface area contributed by atoms with E-state index in [0.29, 0.717) is 15.5 Å². The molecule has 2 aliphatic rings. The number of rotatable bonds is 4. The van der Waals surface area contributed by atoms with Gasteiger partial charge >= 0.3 is 0 Å². The summed E-state index contributed by atoms with van der Waals surface area (Å²) in [4.78, 5) is 43.0. The number of nitrogen functional groups attached to an aromatic ring is 1. The van der Waals surface area contributed by atoms with Crippen molar-refractivity contribution in [1.82, 2.24) is 19.5 Å². The summed E-state index contributed by atoms with van der Waals surface area (Å²) in [5.41, 5.74) is 6.43. The molecule has 3 heterocycles. The SMILES string of the molecule is COC1=C/C(=C/c2c(N)n3nc(CC(=O)N4CCCCC4)sc3nc2=O)C=CC1=O. The molecule has 1 aliphatic heterocycles. The highest BCUT2D eigenvalue weighted by atomic mass is 32.1. The Bertz CT molecular complexity index is 1170. The number of methoxy groups -OCH3 is 1. The molecule has 0 atom stereocenters. The van der Waals surface area contributed by atoms with Gasteiger partial charge in [0.2, 0.25) is 16.7 Å². The summed E-state index contributed by atoms with van der Waals surface area (Å²) in [7, 11) is 1.40. The first-order valence-corrected chi connectivity index (χ1v) is 10.4. The fourth-order valence-corrected chi connectivity index (χ4v) is 4.34. The average Bonchev–Trinajstić information content (AvgIpc) is 3.15. The Labute approximate surface area is 176 Å². The van der Waals surface area contributed by atoms with Crippen molar-refractivity contribution in [3.63, 3.8) is 0 Å². The second kappa shape index (κ2) is 8.23. The smallest absolute Gasteiger partial charge is 0.283 e. The van der Waals surface area contributed by atoms with Gasteiger partial charge in [-0.25, -0.2) is 0 Å². The minimum absolute atomic E-state index is 0.0202. The van der Waals surface area contributed by atoms with Crippen LogP contribution in [0.1, 0.15) is 29.8 Å². The number of piperidine rings is 1. The molecule has 30 heavy (non-hydrogen) atoms. The van der Waals surface area contributed by atoms with E-state index >= 15 is 0 Å². The van der Waals surface area contributed by atoms with Crippen LogP contribution in [0.4, 0.5) is 5.82 Å². The van der Waals surface area contributed by atoms with Crippen molar-refractivity contribution in [1.29, 1.82) is 0 Å². The lowest BCUT2D eigenvalue weighted by Crippen LogP contribution is -2.36. The molecule has 10 heteroatoms. The molecule has 4 rings (SSSR count). The summed E-state index contributed by atoms with van der Waals surface area (Å²) in [6.07, 6.45) is 9.34. The van der Waals surface area contributed by atoms with Crippen molar-refractivity contribution in [2.45, 2.75) is 25.7 Å². The first kappa shape index (κ1) is 20.0. The number of fused-ring (bicyclic) bond motifs is 1. The number of nitrogens with zero attached hydrogens (tertiary/aromatic N) is 4. The predicted molar refractivity (Wildman–Crippen MR) is 113 cm³/mol. The van der Waals surface area contributed by atoms with Gasteiger partial charge in [-0.15, -0.1) is 0 Å². The number of carbonyl (C=O) groups excluding carboxylic acids is 2. The Morgan fingerprint density at radius 2 is 2.03 bits per heavy atom. The van der Waals surface area contributed by atoms with Crippen LogP contribution in [0.25, 0.3) is 11.0 Å². The van der Waals surface area contributed by atoms with E-state index in [-0.39, 0.29) is 35.3 Å². The van der Waals surface area contributed by atoms with E-state index in [1.165, 1.54) is 41.2 Å². The van der Waals surface area contributed by atoms with E-state index in [1.54, 1.807) is 6.08 Å². The van der Waals surface area contributed by atoms with Crippen LogP contribution in [0.2, 0.25) is 0 Å². The van der Waals surface area contributed by atoms with E-state index < -0.39 is 5.56 Å². The Hall–Kier alpha value is -3.27. The minimum atomic E-state index is -0.504. The van der Waals surface area contributed by atoms with Crippen molar-refractivity contribution < 1.29 is 14.3 Å². The van der Waals surface area contributed by atoms with E-state index in [0.717, 1.165) is 32.4 Å². The van der Waals surface area contributed by atoms with Crippen molar-refractivity contribution in [3.05, 3.63) is 50.5 Å². The molecule has 1 saturated heterocycles. The number of amides is 1. The lowest BCUT2D eigenvalue weighted by molar-refractivity contribution is -0.131. The monoisotopic (exact) mass is 427 g/mol. The quantitative estimate of drug-likeness (QED) is 0.782. The van der Waals surface area contributed by atoms with Crippen LogP contribution in [0, 0.1) is 0 Å². The van der Waals surface area contributed by atoms with Crippen molar-refractivity contribution in [2.24, 2.45) is 0 Å². The maximum atomic E-state index is 12.5. The van der Waals surface area contributed by atoms with E-state index in [1.807, 2.05) is 4.90 Å². The van der Waals surface area contributed by atoms with Crippen LogP contribution in [-0.2, 0) is 20.7 Å². The molecule has 0 saturated carbocycles. The number of nitrogens with two attached hydrogens (primary N) is 1. The lowest BCUT2D eigenvalue weighted by atomic mass is 10.0. The molecule has 156 valence electrons. The summed E-state index contributed by atoms with van der Waals surface area (Å²) in [6.45, 7) is 1.54.